The topological polar surface area (TPSA) is 51.4 Å². The molecule has 1 aromatic rings. The van der Waals surface area contributed by atoms with E-state index in [1.165, 1.54) is 25.1 Å². The average molecular weight is 226 g/mol. The Bertz CT molecular complexity index is 422. The van der Waals surface area contributed by atoms with Gasteiger partial charge in [0.25, 0.3) is 0 Å². The first-order valence-corrected chi connectivity index (χ1v) is 4.70. The van der Waals surface area contributed by atoms with Crippen LogP contribution >= 0.6 is 0 Å². The third-order valence-corrected chi connectivity index (χ3v) is 1.53. The molecule has 0 aromatic carbocycles. The molecule has 0 atom stereocenters. The summed E-state index contributed by atoms with van der Waals surface area (Å²) < 4.78 is 1.14. The Kier molecular flexibility index (Phi) is 9.64. The molecule has 0 unspecified atom stereocenters. The Morgan fingerprint density at radius 2 is 1.82 bits per heavy atom. The van der Waals surface area contributed by atoms with Gasteiger partial charge in [0, 0.05) is 13.3 Å². The van der Waals surface area contributed by atoms with Gasteiger partial charge in [0.1, 0.15) is 0 Å². The number of pyridine rings is 1. The van der Waals surface area contributed by atoms with Crippen molar-refractivity contribution in [1.29, 1.82) is 0 Å². The van der Waals surface area contributed by atoms with Crippen LogP contribution in [0.5, 0.6) is 0 Å². The monoisotopic (exact) mass is 226 g/mol. The molecule has 0 aliphatic rings. The number of hydrogen-bond acceptors (Lipinski definition) is 3. The van der Waals surface area contributed by atoms with E-state index in [4.69, 9.17) is 6.72 Å². The molecule has 17 heavy (non-hydrogen) atoms. The van der Waals surface area contributed by atoms with Gasteiger partial charge in [0.15, 0.2) is 0 Å². The molecular formula is C12H15LiN2O2-2. The van der Waals surface area contributed by atoms with E-state index in [2.05, 4.69) is 25.8 Å². The van der Waals surface area contributed by atoms with E-state index >= 15 is 0 Å². The molecule has 5 heteroatoms. The first-order chi connectivity index (χ1) is 7.43. The van der Waals surface area contributed by atoms with Crippen LogP contribution in [0.15, 0.2) is 21.9 Å². The molecule has 0 fully saturated rings. The summed E-state index contributed by atoms with van der Waals surface area (Å²) in [6.45, 7) is 11.2. The molecule has 1 aromatic heterocycles. The van der Waals surface area contributed by atoms with Gasteiger partial charge in [0.05, 0.1) is 0 Å². The zero-order valence-corrected chi connectivity index (χ0v) is 10.9. The number of aliphatic imine (C=N–C) groups is 1. The second kappa shape index (κ2) is 8.97. The zero-order valence-electron chi connectivity index (χ0n) is 10.9. The van der Waals surface area contributed by atoms with E-state index in [1.807, 2.05) is 0 Å². The van der Waals surface area contributed by atoms with Gasteiger partial charge in [-0.1, -0.05) is 11.4 Å². The molecule has 0 N–H and O–H groups in total. The van der Waals surface area contributed by atoms with Crippen LogP contribution < -0.4 is 24.4 Å². The predicted octanol–water partition coefficient (Wildman–Crippen LogP) is -1.32. The Labute approximate surface area is 114 Å². The summed E-state index contributed by atoms with van der Waals surface area (Å²) in [4.78, 5) is 24.6. The first kappa shape index (κ1) is 18.3. The molecule has 4 nitrogen and oxygen atoms in total. The molecule has 0 aliphatic carbocycles. The smallest absolute Gasteiger partial charge is 0.459 e. The molecule has 1 rings (SSSR count). The summed E-state index contributed by atoms with van der Waals surface area (Å²) in [6.07, 6.45) is 1.59. The average Bonchev–Trinajstić information content (AvgIpc) is 2.21. The van der Waals surface area contributed by atoms with Crippen LogP contribution in [0, 0.1) is 5.92 Å². The third kappa shape index (κ3) is 6.25. The fourth-order valence-corrected chi connectivity index (χ4v) is 0.848. The fraction of sp³-hybridized carbons (Fsp3) is 0.333. The second-order valence-electron chi connectivity index (χ2n) is 3.70. The van der Waals surface area contributed by atoms with Crippen LogP contribution in [-0.2, 0) is 11.8 Å². The van der Waals surface area contributed by atoms with Crippen LogP contribution in [0.1, 0.15) is 26.5 Å². The first-order valence-electron chi connectivity index (χ1n) is 4.70. The largest absolute Gasteiger partial charge is 1.00 e. The van der Waals surface area contributed by atoms with E-state index in [1.54, 1.807) is 6.29 Å². The molecule has 0 bridgehead atoms. The molecule has 0 spiro atoms. The van der Waals surface area contributed by atoms with Gasteiger partial charge in [-0.2, -0.15) is 27.5 Å². The fourth-order valence-electron chi connectivity index (χ4n) is 0.848. The van der Waals surface area contributed by atoms with Crippen molar-refractivity contribution in [2.75, 3.05) is 0 Å². The Morgan fingerprint density at radius 3 is 2.18 bits per heavy atom. The summed E-state index contributed by atoms with van der Waals surface area (Å²) in [7, 11) is 1.46. The van der Waals surface area contributed by atoms with Gasteiger partial charge < -0.3 is 20.3 Å². The van der Waals surface area contributed by atoms with Gasteiger partial charge >= 0.3 is 18.9 Å². The normalized spacial score (nSPS) is 8.76. The van der Waals surface area contributed by atoms with Crippen molar-refractivity contribution in [3.63, 3.8) is 0 Å². The van der Waals surface area contributed by atoms with Crippen molar-refractivity contribution in [2.45, 2.75) is 20.8 Å². The van der Waals surface area contributed by atoms with Crippen LogP contribution in [0.25, 0.3) is 0 Å². The number of carbonyl (C=O) groups excluding carboxylic acids is 1. The maximum absolute atomic E-state index is 11.0. The minimum atomic E-state index is -0.291. The van der Waals surface area contributed by atoms with Crippen LogP contribution in [0.4, 0.5) is 5.69 Å². The summed E-state index contributed by atoms with van der Waals surface area (Å²) in [5, 5.41) is 0. The summed E-state index contributed by atoms with van der Waals surface area (Å²) >= 11 is 0. The zero-order chi connectivity index (χ0) is 12.7. The molecule has 0 saturated heterocycles. The molecular weight excluding hydrogens is 211 g/mol. The number of hydrogen-bond donors (Lipinski definition) is 0. The van der Waals surface area contributed by atoms with Crippen molar-refractivity contribution < 1.29 is 23.7 Å². The van der Waals surface area contributed by atoms with Crippen molar-refractivity contribution in [3.8, 4) is 0 Å². The van der Waals surface area contributed by atoms with E-state index in [0.29, 0.717) is 0 Å². The van der Waals surface area contributed by atoms with Crippen LogP contribution in [-0.4, -0.2) is 17.6 Å². The number of aromatic nitrogens is 1. The minimum absolute atomic E-state index is 0. The molecule has 0 radical (unpaired) electrons. The maximum Gasteiger partial charge on any atom is 1.00 e. The van der Waals surface area contributed by atoms with Crippen LogP contribution in [0.3, 0.4) is 0 Å². The van der Waals surface area contributed by atoms with E-state index in [0.717, 1.165) is 4.57 Å². The molecule has 88 valence electrons. The Hall–Kier alpha value is -1.11. The Balaban J connectivity index is 0. The van der Waals surface area contributed by atoms with E-state index in [-0.39, 0.29) is 35.8 Å². The molecule has 0 aliphatic heterocycles. The van der Waals surface area contributed by atoms with Crippen molar-refractivity contribution in [3.05, 3.63) is 34.1 Å². The van der Waals surface area contributed by atoms with Gasteiger partial charge in [0.2, 0.25) is 5.56 Å². The van der Waals surface area contributed by atoms with Gasteiger partial charge in [-0.05, 0) is 6.07 Å². The predicted molar refractivity (Wildman–Crippen MR) is 64.9 cm³/mol. The number of rotatable bonds is 2. The summed E-state index contributed by atoms with van der Waals surface area (Å²) in [5.41, 5.74) is 0.0258. The van der Waals surface area contributed by atoms with Gasteiger partial charge in [-0.15, -0.1) is 6.07 Å². The molecule has 1 heterocycles. The van der Waals surface area contributed by atoms with E-state index < -0.39 is 0 Å². The standard InChI is InChI=1S/C8H6N2O2.C4H9.Li/c1-9-6-3-4-8(12)10(2)7(6)5-11;1-4(2)3;/h1,3-4H,2H3;1-3H3;/q-2;-1;+1. The summed E-state index contributed by atoms with van der Waals surface area (Å²) in [5.74, 6) is 1.42. The third-order valence-electron chi connectivity index (χ3n) is 1.53. The molecule has 0 amide bonds. The Morgan fingerprint density at radius 1 is 1.35 bits per heavy atom. The van der Waals surface area contributed by atoms with Crippen molar-refractivity contribution >= 4 is 18.7 Å². The van der Waals surface area contributed by atoms with Crippen LogP contribution in [0.2, 0.25) is 0 Å². The van der Waals surface area contributed by atoms with Crippen molar-refractivity contribution in [1.82, 2.24) is 4.57 Å². The van der Waals surface area contributed by atoms with Gasteiger partial charge in [-0.3, -0.25) is 4.79 Å². The van der Waals surface area contributed by atoms with Gasteiger partial charge in [-0.25, -0.2) is 0 Å². The summed E-state index contributed by atoms with van der Waals surface area (Å²) in [6, 6.07) is 2.66. The SMILES string of the molecule is C[C-](C)C.[CH-]=Nc1ccc(=O)n(C)c1[C-]=O.[Li+]. The second-order valence-corrected chi connectivity index (χ2v) is 3.70. The molecule has 0 saturated carbocycles. The maximum atomic E-state index is 11.0. The quantitative estimate of drug-likeness (QED) is 0.357. The van der Waals surface area contributed by atoms with Crippen molar-refractivity contribution in [2.24, 2.45) is 12.0 Å². The number of nitrogens with zero attached hydrogens (tertiary/aromatic N) is 2. The van der Waals surface area contributed by atoms with E-state index in [9.17, 15) is 9.59 Å². The minimum Gasteiger partial charge on any atom is -0.459 e.